The van der Waals surface area contributed by atoms with Gasteiger partial charge in [0.1, 0.15) is 0 Å². The number of nitrogens with two attached hydrogens (primary N) is 1. The Morgan fingerprint density at radius 2 is 1.69 bits per heavy atom. The van der Waals surface area contributed by atoms with Crippen molar-refractivity contribution in [2.24, 2.45) is 5.14 Å². The van der Waals surface area contributed by atoms with Gasteiger partial charge in [0.05, 0.1) is 5.22 Å². The van der Waals surface area contributed by atoms with Crippen molar-refractivity contribution >= 4 is 19.5 Å². The summed E-state index contributed by atoms with van der Waals surface area (Å²) in [5, 5.41) is 6.14. The fourth-order valence-electron chi connectivity index (χ4n) is 2.07. The van der Waals surface area contributed by atoms with Crippen LogP contribution < -0.4 is 5.14 Å². The van der Waals surface area contributed by atoms with E-state index in [4.69, 9.17) is 13.7 Å². The standard InChI is InChI=1S/C11H29NO2SSi/c1-7-11(8-2,16(10-4)13-5)14-15(6,12)9-3/h16H,7-10,12H2,1-6H3. The quantitative estimate of drug-likeness (QED) is 0.688. The van der Waals surface area contributed by atoms with Gasteiger partial charge in [-0.25, -0.2) is 0 Å². The van der Waals surface area contributed by atoms with Crippen molar-refractivity contribution in [2.45, 2.75) is 51.8 Å². The number of rotatable bonds is 8. The van der Waals surface area contributed by atoms with Crippen LogP contribution in [0.1, 0.15) is 40.5 Å². The molecule has 0 spiro atoms. The molecule has 16 heavy (non-hydrogen) atoms. The van der Waals surface area contributed by atoms with Crippen LogP contribution >= 0.6 is 10.5 Å². The highest BCUT2D eigenvalue weighted by atomic mass is 32.3. The molecule has 0 saturated carbocycles. The van der Waals surface area contributed by atoms with Crippen molar-refractivity contribution in [1.29, 1.82) is 0 Å². The summed E-state index contributed by atoms with van der Waals surface area (Å²) in [6.45, 7) is 8.66. The minimum absolute atomic E-state index is 0.0850. The lowest BCUT2D eigenvalue weighted by Crippen LogP contribution is -2.50. The molecular weight excluding hydrogens is 238 g/mol. The molecule has 0 saturated heterocycles. The summed E-state index contributed by atoms with van der Waals surface area (Å²) in [4.78, 5) is 0. The van der Waals surface area contributed by atoms with Gasteiger partial charge in [0.2, 0.25) is 9.04 Å². The van der Waals surface area contributed by atoms with Crippen LogP contribution in [0, 0.1) is 0 Å². The van der Waals surface area contributed by atoms with Gasteiger partial charge in [-0.15, -0.1) is 0 Å². The largest absolute Gasteiger partial charge is 0.420 e. The highest BCUT2D eigenvalue weighted by Gasteiger charge is 2.41. The maximum Gasteiger partial charge on any atom is 0.209 e. The first kappa shape index (κ1) is 16.4. The van der Waals surface area contributed by atoms with Gasteiger partial charge >= 0.3 is 0 Å². The molecule has 0 aromatic rings. The molecule has 5 heteroatoms. The van der Waals surface area contributed by atoms with Crippen molar-refractivity contribution in [3.05, 3.63) is 0 Å². The van der Waals surface area contributed by atoms with Gasteiger partial charge in [-0.05, 0) is 25.1 Å². The Morgan fingerprint density at radius 1 is 1.19 bits per heavy atom. The van der Waals surface area contributed by atoms with Gasteiger partial charge in [0, 0.05) is 12.9 Å². The van der Waals surface area contributed by atoms with E-state index in [0.717, 1.165) is 24.6 Å². The zero-order valence-corrected chi connectivity index (χ0v) is 13.7. The van der Waals surface area contributed by atoms with Gasteiger partial charge in [-0.2, -0.15) is 0 Å². The molecule has 2 unspecified atom stereocenters. The SMILES string of the molecule is CC[SiH](OC)C(CC)(CC)OS(C)(N)CC. The zero-order valence-electron chi connectivity index (χ0n) is 11.7. The van der Waals surface area contributed by atoms with Crippen LogP contribution in [-0.2, 0) is 8.61 Å². The summed E-state index contributed by atoms with van der Waals surface area (Å²) >= 11 is 0. The smallest absolute Gasteiger partial charge is 0.209 e. The van der Waals surface area contributed by atoms with Gasteiger partial charge in [-0.1, -0.05) is 38.2 Å². The second kappa shape index (κ2) is 7.01. The topological polar surface area (TPSA) is 44.5 Å². The second-order valence-electron chi connectivity index (χ2n) is 4.35. The minimum Gasteiger partial charge on any atom is -0.420 e. The molecule has 0 radical (unpaired) electrons. The molecule has 0 aliphatic rings. The monoisotopic (exact) mass is 267 g/mol. The van der Waals surface area contributed by atoms with Crippen LogP contribution in [0.15, 0.2) is 0 Å². The van der Waals surface area contributed by atoms with E-state index in [1.807, 2.05) is 13.4 Å². The van der Waals surface area contributed by atoms with Gasteiger partial charge in [0.25, 0.3) is 0 Å². The predicted octanol–water partition coefficient (Wildman–Crippen LogP) is 2.73. The maximum atomic E-state index is 6.31. The molecule has 0 bridgehead atoms. The van der Waals surface area contributed by atoms with Crippen molar-refractivity contribution in [3.63, 3.8) is 0 Å². The molecule has 0 fully saturated rings. The van der Waals surface area contributed by atoms with E-state index in [-0.39, 0.29) is 5.22 Å². The normalized spacial score (nSPS) is 20.2. The summed E-state index contributed by atoms with van der Waals surface area (Å²) < 4.78 is 12.0. The molecular formula is C11H29NO2SSi. The first-order valence-corrected chi connectivity index (χ1v) is 10.2. The summed E-state index contributed by atoms with van der Waals surface area (Å²) in [5.74, 6) is 0.906. The van der Waals surface area contributed by atoms with Crippen molar-refractivity contribution in [1.82, 2.24) is 0 Å². The first-order valence-electron chi connectivity index (χ1n) is 6.18. The maximum absolute atomic E-state index is 6.31. The molecule has 0 aromatic carbocycles. The third kappa shape index (κ3) is 4.03. The Bertz CT molecular complexity index is 194. The summed E-state index contributed by atoms with van der Waals surface area (Å²) in [5.41, 5.74) is 0. The molecule has 0 heterocycles. The minimum atomic E-state index is -1.41. The average Bonchev–Trinajstić information content (AvgIpc) is 2.29. The van der Waals surface area contributed by atoms with Gasteiger partial charge in [0.15, 0.2) is 0 Å². The Hall–Kier alpha value is 0.447. The highest BCUT2D eigenvalue weighted by molar-refractivity contribution is 8.27. The lowest BCUT2D eigenvalue weighted by atomic mass is 10.2. The van der Waals surface area contributed by atoms with Crippen LogP contribution in [0.25, 0.3) is 0 Å². The predicted molar refractivity (Wildman–Crippen MR) is 77.3 cm³/mol. The van der Waals surface area contributed by atoms with E-state index in [9.17, 15) is 0 Å². The third-order valence-electron chi connectivity index (χ3n) is 3.37. The zero-order chi connectivity index (χ0) is 12.8. The summed E-state index contributed by atoms with van der Waals surface area (Å²) in [6, 6.07) is 1.09. The molecule has 0 rings (SSSR count). The van der Waals surface area contributed by atoms with Crippen LogP contribution in [0.5, 0.6) is 0 Å². The molecule has 3 nitrogen and oxygen atoms in total. The second-order valence-corrected chi connectivity index (χ2v) is 10.6. The van der Waals surface area contributed by atoms with E-state index in [2.05, 4.69) is 27.7 Å². The highest BCUT2D eigenvalue weighted by Crippen LogP contribution is 2.44. The van der Waals surface area contributed by atoms with Crippen LogP contribution in [-0.4, -0.2) is 33.4 Å². The van der Waals surface area contributed by atoms with E-state index in [1.54, 1.807) is 0 Å². The third-order valence-corrected chi connectivity index (χ3v) is 8.82. The number of hydrogen-bond donors (Lipinski definition) is 1. The fourth-order valence-corrected chi connectivity index (χ4v) is 6.69. The fraction of sp³-hybridized carbons (Fsp3) is 1.00. The average molecular weight is 268 g/mol. The summed E-state index contributed by atoms with van der Waals surface area (Å²) in [6.07, 6.45) is 4.05. The lowest BCUT2D eigenvalue weighted by molar-refractivity contribution is 0.137. The van der Waals surface area contributed by atoms with Crippen LogP contribution in [0.2, 0.25) is 6.04 Å². The number of hydrogen-bond acceptors (Lipinski definition) is 3. The molecule has 0 amide bonds. The van der Waals surface area contributed by atoms with E-state index in [1.165, 1.54) is 0 Å². The molecule has 0 aromatic heterocycles. The van der Waals surface area contributed by atoms with E-state index >= 15 is 0 Å². The Morgan fingerprint density at radius 3 is 1.94 bits per heavy atom. The molecule has 2 N–H and O–H groups in total. The molecule has 2 atom stereocenters. The molecule has 100 valence electrons. The van der Waals surface area contributed by atoms with Crippen molar-refractivity contribution in [2.75, 3.05) is 19.1 Å². The van der Waals surface area contributed by atoms with Gasteiger partial charge < -0.3 is 8.61 Å². The van der Waals surface area contributed by atoms with Crippen LogP contribution in [0.3, 0.4) is 0 Å². The molecule has 0 aliphatic heterocycles. The lowest BCUT2D eigenvalue weighted by Gasteiger charge is -2.44. The van der Waals surface area contributed by atoms with Gasteiger partial charge in [-0.3, -0.25) is 5.14 Å². The Balaban J connectivity index is 4.94. The van der Waals surface area contributed by atoms with Crippen LogP contribution in [0.4, 0.5) is 0 Å². The van der Waals surface area contributed by atoms with Crippen molar-refractivity contribution < 1.29 is 8.61 Å². The van der Waals surface area contributed by atoms with E-state index < -0.39 is 19.5 Å². The Kier molecular flexibility index (Phi) is 7.20. The van der Waals surface area contributed by atoms with E-state index in [0.29, 0.717) is 0 Å². The van der Waals surface area contributed by atoms with Crippen molar-refractivity contribution in [3.8, 4) is 0 Å². The summed E-state index contributed by atoms with van der Waals surface area (Å²) in [7, 11) is -0.931. The Labute approximate surface area is 104 Å². The first-order chi connectivity index (χ1) is 7.41. The molecule has 0 aliphatic carbocycles.